The number of oxime groups is 1. The average Bonchev–Trinajstić information content (AvgIpc) is 1.97. The van der Waals surface area contributed by atoms with Crippen LogP contribution in [0.2, 0.25) is 0 Å². The Bertz CT molecular complexity index is 255. The fourth-order valence-corrected chi connectivity index (χ4v) is 0.264. The molecule has 5 nitrogen and oxygen atoms in total. The van der Waals surface area contributed by atoms with E-state index in [9.17, 15) is 0 Å². The van der Waals surface area contributed by atoms with Crippen molar-refractivity contribution in [2.75, 3.05) is 6.61 Å². The van der Waals surface area contributed by atoms with Crippen molar-refractivity contribution in [3.63, 3.8) is 0 Å². The fourth-order valence-electron chi connectivity index (χ4n) is 0.264. The zero-order valence-electron chi connectivity index (χ0n) is 5.66. The molecule has 0 aromatic carbocycles. The minimum atomic E-state index is -0.440. The van der Waals surface area contributed by atoms with Gasteiger partial charge in [-0.15, -0.1) is 6.42 Å². The fraction of sp³-hybridized carbons (Fsp3) is 0.167. The van der Waals surface area contributed by atoms with Gasteiger partial charge in [0, 0.05) is 0 Å². The quantitative estimate of drug-likeness (QED) is 0.186. The zero-order chi connectivity index (χ0) is 8.69. The first-order valence-electron chi connectivity index (χ1n) is 2.60. The minimum absolute atomic E-state index is 0.0432. The number of amidine groups is 1. The number of nitrogens with zero attached hydrogens (tertiary/aromatic N) is 2. The molecule has 0 spiro atoms. The van der Waals surface area contributed by atoms with Crippen LogP contribution < -0.4 is 5.73 Å². The maximum absolute atomic E-state index is 8.26. The van der Waals surface area contributed by atoms with Crippen molar-refractivity contribution in [1.82, 2.24) is 0 Å². The summed E-state index contributed by atoms with van der Waals surface area (Å²) in [6.45, 7) is -0.0432. The Morgan fingerprint density at radius 3 is 2.82 bits per heavy atom. The van der Waals surface area contributed by atoms with Gasteiger partial charge in [-0.3, -0.25) is 5.41 Å². The van der Waals surface area contributed by atoms with Crippen LogP contribution in [0.3, 0.4) is 0 Å². The second-order valence-electron chi connectivity index (χ2n) is 1.44. The van der Waals surface area contributed by atoms with E-state index in [2.05, 4.69) is 15.9 Å². The normalized spacial score (nSPS) is 9.45. The molecule has 0 amide bonds. The lowest BCUT2D eigenvalue weighted by Crippen LogP contribution is -2.21. The molecule has 11 heavy (non-hydrogen) atoms. The van der Waals surface area contributed by atoms with Crippen LogP contribution in [0.1, 0.15) is 0 Å². The van der Waals surface area contributed by atoms with Crippen LogP contribution in [0.25, 0.3) is 0 Å². The van der Waals surface area contributed by atoms with Crippen LogP contribution in [0, 0.1) is 29.1 Å². The van der Waals surface area contributed by atoms with Gasteiger partial charge in [-0.1, -0.05) is 11.1 Å². The van der Waals surface area contributed by atoms with E-state index in [1.165, 1.54) is 0 Å². The molecule has 0 heterocycles. The van der Waals surface area contributed by atoms with E-state index < -0.39 is 5.84 Å². The van der Waals surface area contributed by atoms with Crippen molar-refractivity contribution < 1.29 is 4.84 Å². The molecule has 0 fully saturated rings. The van der Waals surface area contributed by atoms with Crippen molar-refractivity contribution >= 4 is 11.5 Å². The van der Waals surface area contributed by atoms with E-state index in [0.717, 1.165) is 0 Å². The summed E-state index contributed by atoms with van der Waals surface area (Å²) in [4.78, 5) is 4.41. The van der Waals surface area contributed by atoms with Gasteiger partial charge in [-0.05, 0) is 0 Å². The molecule has 0 atom stereocenters. The largest absolute Gasteiger partial charge is 0.382 e. The van der Waals surface area contributed by atoms with Crippen LogP contribution in [-0.4, -0.2) is 18.2 Å². The first kappa shape index (κ1) is 8.99. The first-order chi connectivity index (χ1) is 5.22. The van der Waals surface area contributed by atoms with Gasteiger partial charge >= 0.3 is 0 Å². The number of nitriles is 1. The van der Waals surface area contributed by atoms with Crippen molar-refractivity contribution in [2.24, 2.45) is 10.9 Å². The van der Waals surface area contributed by atoms with E-state index in [4.69, 9.17) is 22.8 Å². The summed E-state index contributed by atoms with van der Waals surface area (Å²) in [6, 6.07) is 1.57. The van der Waals surface area contributed by atoms with E-state index in [1.807, 2.05) is 0 Å². The van der Waals surface area contributed by atoms with E-state index in [-0.39, 0.29) is 12.3 Å². The van der Waals surface area contributed by atoms with Crippen molar-refractivity contribution in [2.45, 2.75) is 0 Å². The average molecular weight is 150 g/mol. The number of rotatable bonds is 3. The smallest absolute Gasteiger partial charge is 0.220 e. The summed E-state index contributed by atoms with van der Waals surface area (Å²) in [5.74, 6) is 1.70. The molecule has 0 saturated carbocycles. The summed E-state index contributed by atoms with van der Waals surface area (Å²) in [7, 11) is 0. The molecule has 0 aromatic rings. The summed E-state index contributed by atoms with van der Waals surface area (Å²) < 4.78 is 0. The third kappa shape index (κ3) is 3.55. The molecule has 0 aromatic heterocycles. The molecule has 56 valence electrons. The Kier molecular flexibility index (Phi) is 3.95. The number of nitrogens with one attached hydrogen (secondary N) is 1. The highest BCUT2D eigenvalue weighted by Gasteiger charge is 2.00. The number of terminal acetylenes is 1. The van der Waals surface area contributed by atoms with Gasteiger partial charge in [0.05, 0.1) is 0 Å². The van der Waals surface area contributed by atoms with Crippen LogP contribution in [0.4, 0.5) is 0 Å². The van der Waals surface area contributed by atoms with Gasteiger partial charge < -0.3 is 10.6 Å². The summed E-state index contributed by atoms with van der Waals surface area (Å²) in [5.41, 5.74) is 4.65. The Morgan fingerprint density at radius 2 is 2.45 bits per heavy atom. The van der Waals surface area contributed by atoms with Gasteiger partial charge in [0.1, 0.15) is 6.07 Å². The summed E-state index contributed by atoms with van der Waals surface area (Å²) >= 11 is 0. The minimum Gasteiger partial charge on any atom is -0.382 e. The third-order valence-corrected chi connectivity index (χ3v) is 0.665. The maximum atomic E-state index is 8.26. The van der Waals surface area contributed by atoms with Gasteiger partial charge in [-0.2, -0.15) is 5.26 Å². The molecule has 0 aliphatic heterocycles. The summed E-state index contributed by atoms with van der Waals surface area (Å²) in [5, 5.41) is 18.2. The standard InChI is InChI=1S/C6H6N4O/c1-2-3-11-10-5(4-7)6(8)9/h1H,3H2,(H3,8,9)/b10-5-. The lowest BCUT2D eigenvalue weighted by atomic mass is 10.4. The molecule has 3 N–H and O–H groups in total. The SMILES string of the molecule is C#CCO/N=C(/C#N)C(=N)N. The van der Waals surface area contributed by atoms with E-state index in [0.29, 0.717) is 0 Å². The monoisotopic (exact) mass is 150 g/mol. The van der Waals surface area contributed by atoms with Crippen LogP contribution in [0.5, 0.6) is 0 Å². The Hall–Kier alpha value is -2.01. The van der Waals surface area contributed by atoms with Gasteiger partial charge in [0.15, 0.2) is 12.4 Å². The van der Waals surface area contributed by atoms with E-state index in [1.54, 1.807) is 6.07 Å². The number of nitrogens with two attached hydrogens (primary N) is 1. The van der Waals surface area contributed by atoms with Crippen molar-refractivity contribution in [3.8, 4) is 18.4 Å². The van der Waals surface area contributed by atoms with Crippen LogP contribution in [0.15, 0.2) is 5.16 Å². The van der Waals surface area contributed by atoms with Gasteiger partial charge in [0.2, 0.25) is 5.71 Å². The third-order valence-electron chi connectivity index (χ3n) is 0.665. The summed E-state index contributed by atoms with van der Waals surface area (Å²) in [6.07, 6.45) is 4.82. The van der Waals surface area contributed by atoms with Gasteiger partial charge in [0.25, 0.3) is 0 Å². The van der Waals surface area contributed by atoms with Crippen molar-refractivity contribution in [1.29, 1.82) is 10.7 Å². The molecular formula is C6H6N4O. The molecule has 0 bridgehead atoms. The van der Waals surface area contributed by atoms with Crippen LogP contribution >= 0.6 is 0 Å². The van der Waals surface area contributed by atoms with Crippen molar-refractivity contribution in [3.05, 3.63) is 0 Å². The van der Waals surface area contributed by atoms with Crippen LogP contribution in [-0.2, 0) is 4.84 Å². The Labute approximate surface area is 63.9 Å². The molecule has 0 aliphatic carbocycles. The second-order valence-corrected chi connectivity index (χ2v) is 1.44. The highest BCUT2D eigenvalue weighted by molar-refractivity contribution is 6.45. The molecule has 0 rings (SSSR count). The lowest BCUT2D eigenvalue weighted by Gasteiger charge is -1.92. The number of hydrogen-bond acceptors (Lipinski definition) is 4. The van der Waals surface area contributed by atoms with Gasteiger partial charge in [-0.25, -0.2) is 0 Å². The maximum Gasteiger partial charge on any atom is 0.220 e. The Morgan fingerprint density at radius 1 is 1.82 bits per heavy atom. The molecule has 0 unspecified atom stereocenters. The number of hydrogen-bond donors (Lipinski definition) is 2. The van der Waals surface area contributed by atoms with E-state index >= 15 is 0 Å². The Balaban J connectivity index is 4.08. The topological polar surface area (TPSA) is 95.2 Å². The predicted octanol–water partition coefficient (Wildman–Crippen LogP) is -0.548. The highest BCUT2D eigenvalue weighted by Crippen LogP contribution is 1.79. The molecule has 5 heteroatoms. The highest BCUT2D eigenvalue weighted by atomic mass is 16.6. The second kappa shape index (κ2) is 4.83. The first-order valence-corrected chi connectivity index (χ1v) is 2.60. The predicted molar refractivity (Wildman–Crippen MR) is 39.7 cm³/mol. The molecular weight excluding hydrogens is 144 g/mol. The molecule has 0 saturated heterocycles. The molecule has 0 radical (unpaired) electrons. The zero-order valence-corrected chi connectivity index (χ0v) is 5.66. The molecule has 0 aliphatic rings. The lowest BCUT2D eigenvalue weighted by molar-refractivity contribution is 0.181.